The molecule has 1 aromatic carbocycles. The number of halogens is 1. The highest BCUT2D eigenvalue weighted by molar-refractivity contribution is 5.93. The smallest absolute Gasteiger partial charge is 0.273 e. The monoisotopic (exact) mass is 430 g/mol. The lowest BCUT2D eigenvalue weighted by molar-refractivity contribution is 0.0948. The molecule has 3 aromatic rings. The number of nitrogens with one attached hydrogen (secondary N) is 2. The molecule has 160 valence electrons. The number of rotatable bonds is 6. The van der Waals surface area contributed by atoms with E-state index < -0.39 is 0 Å². The Bertz CT molecular complexity index is 976. The van der Waals surface area contributed by atoms with Crippen LogP contribution in [0.5, 0.6) is 0 Å². The van der Waals surface area contributed by atoms with E-state index in [-0.39, 0.29) is 18.3 Å². The molecule has 0 radical (unpaired) electrons. The van der Waals surface area contributed by atoms with E-state index >= 15 is 0 Å². The maximum Gasteiger partial charge on any atom is 0.273 e. The zero-order valence-electron chi connectivity index (χ0n) is 17.2. The van der Waals surface area contributed by atoms with Crippen molar-refractivity contribution in [1.82, 2.24) is 30.6 Å². The number of aryl methyl sites for hydroxylation is 1. The number of amides is 1. The van der Waals surface area contributed by atoms with Crippen LogP contribution in [0, 0.1) is 13.8 Å². The Labute approximate surface area is 181 Å². The van der Waals surface area contributed by atoms with Crippen molar-refractivity contribution in [3.8, 4) is 11.5 Å². The molecule has 9 heteroatoms. The molecule has 1 amide bonds. The molecule has 0 aliphatic carbocycles. The molecule has 1 aliphatic rings. The molecule has 2 N–H and O–H groups in total. The molecule has 0 unspecified atom stereocenters. The van der Waals surface area contributed by atoms with Crippen molar-refractivity contribution in [2.75, 3.05) is 19.6 Å². The molecular weight excluding hydrogens is 404 g/mol. The summed E-state index contributed by atoms with van der Waals surface area (Å²) in [5.74, 6) is 0.386. The number of carbonyl (C=O) groups is 1. The van der Waals surface area contributed by atoms with Gasteiger partial charge in [-0.2, -0.15) is 0 Å². The van der Waals surface area contributed by atoms with Crippen molar-refractivity contribution in [2.45, 2.75) is 39.2 Å². The molecule has 30 heavy (non-hydrogen) atoms. The number of aromatic nitrogens is 4. The van der Waals surface area contributed by atoms with E-state index in [2.05, 4.69) is 25.9 Å². The van der Waals surface area contributed by atoms with Crippen molar-refractivity contribution in [3.63, 3.8) is 0 Å². The van der Waals surface area contributed by atoms with Gasteiger partial charge in [0.15, 0.2) is 5.69 Å². The topological polar surface area (TPSA) is 97.9 Å². The van der Waals surface area contributed by atoms with E-state index in [1.165, 1.54) is 5.56 Å². The Kier molecular flexibility index (Phi) is 7.23. The third kappa shape index (κ3) is 4.88. The van der Waals surface area contributed by atoms with E-state index in [0.29, 0.717) is 30.6 Å². The summed E-state index contributed by atoms with van der Waals surface area (Å²) in [5, 5.41) is 14.6. The highest BCUT2D eigenvalue weighted by atomic mass is 35.5. The van der Waals surface area contributed by atoms with Crippen LogP contribution in [-0.2, 0) is 6.42 Å². The fourth-order valence-electron chi connectivity index (χ4n) is 3.59. The number of benzene rings is 1. The zero-order chi connectivity index (χ0) is 20.2. The largest absolute Gasteiger partial charge is 0.444 e. The second kappa shape index (κ2) is 9.86. The van der Waals surface area contributed by atoms with Crippen molar-refractivity contribution in [1.29, 1.82) is 0 Å². The number of oxazole rings is 1. The van der Waals surface area contributed by atoms with Gasteiger partial charge in [-0.15, -0.1) is 17.5 Å². The van der Waals surface area contributed by atoms with Crippen molar-refractivity contribution < 1.29 is 9.21 Å². The van der Waals surface area contributed by atoms with Crippen LogP contribution in [0.3, 0.4) is 0 Å². The molecule has 0 bridgehead atoms. The normalized spacial score (nSPS) is 14.3. The fraction of sp³-hybridized carbons (Fsp3) is 0.429. The third-order valence-electron chi connectivity index (χ3n) is 5.31. The van der Waals surface area contributed by atoms with Crippen LogP contribution >= 0.6 is 12.4 Å². The van der Waals surface area contributed by atoms with E-state index in [0.717, 1.165) is 42.9 Å². The summed E-state index contributed by atoms with van der Waals surface area (Å²) in [7, 11) is 0. The van der Waals surface area contributed by atoms with Crippen molar-refractivity contribution >= 4 is 18.3 Å². The number of hydrogen-bond donors (Lipinski definition) is 2. The summed E-state index contributed by atoms with van der Waals surface area (Å²) in [6.45, 7) is 6.34. The molecule has 0 saturated carbocycles. The van der Waals surface area contributed by atoms with Gasteiger partial charge >= 0.3 is 0 Å². The van der Waals surface area contributed by atoms with Gasteiger partial charge in [-0.1, -0.05) is 22.9 Å². The average Bonchev–Trinajstić information content (AvgIpc) is 3.36. The number of nitrogens with zero attached hydrogens (tertiary/aromatic N) is 4. The van der Waals surface area contributed by atoms with Crippen molar-refractivity contribution in [3.05, 3.63) is 53.2 Å². The fourth-order valence-corrected chi connectivity index (χ4v) is 3.59. The number of piperidine rings is 1. The molecule has 0 spiro atoms. The molecule has 4 rings (SSSR count). The zero-order valence-corrected chi connectivity index (χ0v) is 18.0. The minimum atomic E-state index is -0.204. The highest BCUT2D eigenvalue weighted by Crippen LogP contribution is 2.21. The van der Waals surface area contributed by atoms with Crippen LogP contribution < -0.4 is 10.6 Å². The van der Waals surface area contributed by atoms with Crippen LogP contribution in [0.4, 0.5) is 0 Å². The van der Waals surface area contributed by atoms with Gasteiger partial charge in [0.2, 0.25) is 5.89 Å². The standard InChI is InChI=1S/C21H26N6O2.ClH/c1-14-3-5-16(6-4-14)21-24-17(13-29-21)7-12-23-20(28)19-15(2)27(26-25-19)18-8-10-22-11-9-18;/h3-6,13,18,22H,7-12H2,1-2H3,(H,23,28);1H. The van der Waals surface area contributed by atoms with Crippen LogP contribution in [0.2, 0.25) is 0 Å². The van der Waals surface area contributed by atoms with Gasteiger partial charge in [0, 0.05) is 18.5 Å². The van der Waals surface area contributed by atoms with E-state index in [9.17, 15) is 4.79 Å². The highest BCUT2D eigenvalue weighted by Gasteiger charge is 2.22. The number of hydrogen-bond acceptors (Lipinski definition) is 6. The van der Waals surface area contributed by atoms with E-state index in [4.69, 9.17) is 4.42 Å². The van der Waals surface area contributed by atoms with E-state index in [1.54, 1.807) is 6.26 Å². The summed E-state index contributed by atoms with van der Waals surface area (Å²) in [6, 6.07) is 8.33. The maximum absolute atomic E-state index is 12.5. The van der Waals surface area contributed by atoms with Crippen LogP contribution in [0.15, 0.2) is 34.9 Å². The van der Waals surface area contributed by atoms with Crippen LogP contribution in [-0.4, -0.2) is 45.5 Å². The first-order valence-electron chi connectivity index (χ1n) is 10.0. The molecule has 1 aliphatic heterocycles. The second-order valence-corrected chi connectivity index (χ2v) is 7.47. The lowest BCUT2D eigenvalue weighted by atomic mass is 10.1. The summed E-state index contributed by atoms with van der Waals surface area (Å²) < 4.78 is 7.46. The lowest BCUT2D eigenvalue weighted by Gasteiger charge is -2.23. The molecular formula is C21H27ClN6O2. The van der Waals surface area contributed by atoms with Crippen molar-refractivity contribution in [2.24, 2.45) is 0 Å². The number of carbonyl (C=O) groups excluding carboxylic acids is 1. The first-order valence-corrected chi connectivity index (χ1v) is 10.0. The molecule has 0 atom stereocenters. The predicted octanol–water partition coefficient (Wildman–Crippen LogP) is 2.87. The Morgan fingerprint density at radius 2 is 1.97 bits per heavy atom. The Morgan fingerprint density at radius 1 is 1.23 bits per heavy atom. The Balaban J connectivity index is 0.00000256. The second-order valence-electron chi connectivity index (χ2n) is 7.47. The maximum atomic E-state index is 12.5. The summed E-state index contributed by atoms with van der Waals surface area (Å²) in [5.41, 5.74) is 4.14. The lowest BCUT2D eigenvalue weighted by Crippen LogP contribution is -2.30. The van der Waals surface area contributed by atoms with Gasteiger partial charge in [-0.05, 0) is 51.9 Å². The van der Waals surface area contributed by atoms with Crippen LogP contribution in [0.1, 0.15) is 46.3 Å². The Morgan fingerprint density at radius 3 is 2.70 bits per heavy atom. The Hall–Kier alpha value is -2.71. The molecule has 3 heterocycles. The summed E-state index contributed by atoms with van der Waals surface area (Å²) >= 11 is 0. The summed E-state index contributed by atoms with van der Waals surface area (Å²) in [6.07, 6.45) is 4.23. The summed E-state index contributed by atoms with van der Waals surface area (Å²) in [4.78, 5) is 17.0. The minimum Gasteiger partial charge on any atom is -0.444 e. The molecule has 1 saturated heterocycles. The molecule has 8 nitrogen and oxygen atoms in total. The van der Waals surface area contributed by atoms with E-state index in [1.807, 2.05) is 42.8 Å². The van der Waals surface area contributed by atoms with Crippen LogP contribution in [0.25, 0.3) is 11.5 Å². The quantitative estimate of drug-likeness (QED) is 0.624. The average molecular weight is 431 g/mol. The first-order chi connectivity index (χ1) is 14.1. The van der Waals surface area contributed by atoms with Gasteiger partial charge in [-0.3, -0.25) is 4.79 Å². The molecule has 1 fully saturated rings. The minimum absolute atomic E-state index is 0. The first kappa shape index (κ1) is 22.0. The third-order valence-corrected chi connectivity index (χ3v) is 5.31. The molecule has 2 aromatic heterocycles. The van der Waals surface area contributed by atoms with Gasteiger partial charge in [0.1, 0.15) is 6.26 Å². The van der Waals surface area contributed by atoms with Gasteiger partial charge in [0.25, 0.3) is 5.91 Å². The van der Waals surface area contributed by atoms with Gasteiger partial charge in [-0.25, -0.2) is 9.67 Å². The predicted molar refractivity (Wildman–Crippen MR) is 116 cm³/mol. The SMILES string of the molecule is Cc1ccc(-c2nc(CCNC(=O)c3nnn(C4CCNCC4)c3C)co2)cc1.Cl. The van der Waals surface area contributed by atoms with Gasteiger partial charge < -0.3 is 15.1 Å². The van der Waals surface area contributed by atoms with Gasteiger partial charge in [0.05, 0.1) is 17.4 Å².